The van der Waals surface area contributed by atoms with Crippen LogP contribution in [0.1, 0.15) is 21.5 Å². The molecule has 0 aliphatic carbocycles. The van der Waals surface area contributed by atoms with Gasteiger partial charge in [0.1, 0.15) is 5.75 Å². The number of hydrogen-bond donors (Lipinski definition) is 3. The minimum absolute atomic E-state index is 0.0457. The second kappa shape index (κ2) is 7.24. The molecule has 1 heterocycles. The first-order valence-electron chi connectivity index (χ1n) is 7.92. The van der Waals surface area contributed by atoms with Gasteiger partial charge in [-0.25, -0.2) is 5.43 Å². The van der Waals surface area contributed by atoms with Crippen LogP contribution in [0.4, 0.5) is 5.69 Å². The summed E-state index contributed by atoms with van der Waals surface area (Å²) in [4.78, 5) is 25.7. The molecule has 0 atom stereocenters. The number of aromatic nitrogens is 1. The van der Waals surface area contributed by atoms with Gasteiger partial charge in [-0.1, -0.05) is 6.07 Å². The zero-order valence-corrected chi connectivity index (χ0v) is 14.3. The third-order valence-corrected chi connectivity index (χ3v) is 4.13. The average molecular weight is 354 g/mol. The van der Waals surface area contributed by atoms with Gasteiger partial charge in [-0.15, -0.1) is 0 Å². The molecule has 0 radical (unpaired) electrons. The number of non-ortho nitro benzene ring substituents is 1. The van der Waals surface area contributed by atoms with Crippen LogP contribution in [-0.4, -0.2) is 30.0 Å². The van der Waals surface area contributed by atoms with Gasteiger partial charge in [-0.3, -0.25) is 20.3 Å². The summed E-state index contributed by atoms with van der Waals surface area (Å²) < 4.78 is 5.42. The molecule has 8 nitrogen and oxygen atoms in total. The fourth-order valence-electron chi connectivity index (χ4n) is 2.85. The zero-order chi connectivity index (χ0) is 18.7. The van der Waals surface area contributed by atoms with Crippen molar-refractivity contribution in [1.29, 1.82) is 0 Å². The third kappa shape index (κ3) is 3.35. The van der Waals surface area contributed by atoms with Crippen LogP contribution in [0.2, 0.25) is 0 Å². The highest BCUT2D eigenvalue weighted by Crippen LogP contribution is 2.29. The lowest BCUT2D eigenvalue weighted by Gasteiger charge is -2.10. The lowest BCUT2D eigenvalue weighted by Crippen LogP contribution is -2.34. The number of methoxy groups -OCH3 is 1. The van der Waals surface area contributed by atoms with Gasteiger partial charge in [0.05, 0.1) is 12.0 Å². The molecule has 2 aromatic carbocycles. The molecular formula is C18H18N4O4. The number of nitro groups is 1. The number of hydrazine groups is 1. The van der Waals surface area contributed by atoms with Crippen LogP contribution in [0.3, 0.4) is 0 Å². The first kappa shape index (κ1) is 17.4. The minimum atomic E-state index is -0.411. The van der Waals surface area contributed by atoms with E-state index in [2.05, 4.69) is 15.8 Å². The summed E-state index contributed by atoms with van der Waals surface area (Å²) in [6, 6.07) is 9.92. The summed E-state index contributed by atoms with van der Waals surface area (Å²) in [5.74, 6) is 0.314. The minimum Gasteiger partial charge on any atom is -0.496 e. The monoisotopic (exact) mass is 354 g/mol. The number of amides is 1. The fraction of sp³-hybridized carbons (Fsp3) is 0.167. The quantitative estimate of drug-likeness (QED) is 0.465. The van der Waals surface area contributed by atoms with Gasteiger partial charge in [0.15, 0.2) is 0 Å². The lowest BCUT2D eigenvalue weighted by atomic mass is 10.0. The number of benzene rings is 2. The molecule has 0 spiro atoms. The van der Waals surface area contributed by atoms with Crippen LogP contribution in [0.5, 0.6) is 5.75 Å². The molecule has 8 heteroatoms. The predicted molar refractivity (Wildman–Crippen MR) is 97.3 cm³/mol. The number of carbonyl (C=O) groups excluding carboxylic acids is 1. The molecule has 0 bridgehead atoms. The smallest absolute Gasteiger partial charge is 0.270 e. The Morgan fingerprint density at radius 1 is 1.23 bits per heavy atom. The Hall–Kier alpha value is -3.39. The van der Waals surface area contributed by atoms with Crippen molar-refractivity contribution in [2.24, 2.45) is 0 Å². The molecule has 0 aliphatic heterocycles. The normalized spacial score (nSPS) is 10.7. The molecule has 3 rings (SSSR count). The number of aromatic amines is 1. The van der Waals surface area contributed by atoms with Crippen LogP contribution in [0.25, 0.3) is 10.9 Å². The molecule has 134 valence electrons. The van der Waals surface area contributed by atoms with E-state index in [-0.39, 0.29) is 11.6 Å². The van der Waals surface area contributed by atoms with Gasteiger partial charge in [0.2, 0.25) is 0 Å². The van der Waals surface area contributed by atoms with Gasteiger partial charge in [0.25, 0.3) is 11.6 Å². The first-order chi connectivity index (χ1) is 12.5. The fourth-order valence-corrected chi connectivity index (χ4v) is 2.85. The number of rotatable bonds is 6. The number of nitrogens with zero attached hydrogens (tertiary/aromatic N) is 1. The number of H-pyrrole nitrogens is 1. The molecule has 0 unspecified atom stereocenters. The van der Waals surface area contributed by atoms with E-state index in [1.165, 1.54) is 6.07 Å². The maximum absolute atomic E-state index is 11.9. The molecule has 1 amide bonds. The van der Waals surface area contributed by atoms with Crippen LogP contribution >= 0.6 is 0 Å². The topological polar surface area (TPSA) is 109 Å². The van der Waals surface area contributed by atoms with E-state index >= 15 is 0 Å². The van der Waals surface area contributed by atoms with Crippen LogP contribution in [0.15, 0.2) is 42.6 Å². The van der Waals surface area contributed by atoms with Crippen molar-refractivity contribution in [2.45, 2.75) is 6.42 Å². The highest BCUT2D eigenvalue weighted by Gasteiger charge is 2.14. The van der Waals surface area contributed by atoms with Crippen molar-refractivity contribution in [3.63, 3.8) is 0 Å². The van der Waals surface area contributed by atoms with Gasteiger partial charge in [-0.05, 0) is 29.3 Å². The second-order valence-electron chi connectivity index (χ2n) is 5.71. The molecule has 0 fully saturated rings. The summed E-state index contributed by atoms with van der Waals surface area (Å²) in [5.41, 5.74) is 8.22. The number of fused-ring (bicyclic) bond motifs is 1. The van der Waals surface area contributed by atoms with Crippen molar-refractivity contribution in [3.05, 3.63) is 69.4 Å². The van der Waals surface area contributed by atoms with Crippen LogP contribution in [0, 0.1) is 10.1 Å². The van der Waals surface area contributed by atoms with Crippen LogP contribution in [-0.2, 0) is 6.42 Å². The Bertz CT molecular complexity index is 980. The Labute approximate surface area is 149 Å². The maximum Gasteiger partial charge on any atom is 0.270 e. The molecule has 0 saturated carbocycles. The van der Waals surface area contributed by atoms with E-state index in [1.54, 1.807) is 38.4 Å². The Balaban J connectivity index is 1.95. The lowest BCUT2D eigenvalue weighted by molar-refractivity contribution is -0.384. The van der Waals surface area contributed by atoms with Crippen molar-refractivity contribution in [2.75, 3.05) is 14.2 Å². The van der Waals surface area contributed by atoms with Crippen LogP contribution < -0.4 is 15.6 Å². The largest absolute Gasteiger partial charge is 0.496 e. The van der Waals surface area contributed by atoms with E-state index in [4.69, 9.17) is 4.74 Å². The molecular weight excluding hydrogens is 336 g/mol. The number of ether oxygens (including phenoxy) is 1. The standard InChI is InChI=1S/C18H18N4O4/c1-19-21-18(23)12-4-3-11(17(8-12)26-2)7-13-10-20-16-6-5-14(22(24)25)9-15(13)16/h3-6,8-10,19-20H,7H2,1-2H3,(H,21,23). The van der Waals surface area contributed by atoms with E-state index in [1.807, 2.05) is 12.3 Å². The third-order valence-electron chi connectivity index (χ3n) is 4.13. The summed E-state index contributed by atoms with van der Waals surface area (Å²) in [5, 5.41) is 11.8. The molecule has 26 heavy (non-hydrogen) atoms. The number of hydrogen-bond acceptors (Lipinski definition) is 5. The number of carbonyl (C=O) groups is 1. The zero-order valence-electron chi connectivity index (χ0n) is 14.3. The summed E-state index contributed by atoms with van der Waals surface area (Å²) in [6.45, 7) is 0. The summed E-state index contributed by atoms with van der Waals surface area (Å²) >= 11 is 0. The molecule has 0 aliphatic rings. The van der Waals surface area contributed by atoms with E-state index in [0.717, 1.165) is 22.0 Å². The second-order valence-corrected chi connectivity index (χ2v) is 5.71. The average Bonchev–Trinajstić information content (AvgIpc) is 3.04. The van der Waals surface area contributed by atoms with Crippen molar-refractivity contribution in [3.8, 4) is 5.75 Å². The van der Waals surface area contributed by atoms with Gasteiger partial charge in [0, 0.05) is 48.3 Å². The summed E-state index contributed by atoms with van der Waals surface area (Å²) in [6.07, 6.45) is 2.34. The Morgan fingerprint density at radius 2 is 2.04 bits per heavy atom. The highest BCUT2D eigenvalue weighted by molar-refractivity contribution is 5.94. The number of nitro benzene ring substituents is 1. The van der Waals surface area contributed by atoms with Crippen molar-refractivity contribution < 1.29 is 14.5 Å². The van der Waals surface area contributed by atoms with Crippen molar-refractivity contribution in [1.82, 2.24) is 15.8 Å². The molecule has 3 aromatic rings. The Morgan fingerprint density at radius 3 is 2.73 bits per heavy atom. The van der Waals surface area contributed by atoms with Gasteiger partial charge in [-0.2, -0.15) is 0 Å². The maximum atomic E-state index is 11.9. The van der Waals surface area contributed by atoms with E-state index in [9.17, 15) is 14.9 Å². The van der Waals surface area contributed by atoms with E-state index < -0.39 is 4.92 Å². The Kier molecular flexibility index (Phi) is 4.85. The van der Waals surface area contributed by atoms with E-state index in [0.29, 0.717) is 17.7 Å². The predicted octanol–water partition coefficient (Wildman–Crippen LogP) is 2.54. The summed E-state index contributed by atoms with van der Waals surface area (Å²) in [7, 11) is 3.15. The molecule has 0 saturated heterocycles. The highest BCUT2D eigenvalue weighted by atomic mass is 16.6. The van der Waals surface area contributed by atoms with Crippen molar-refractivity contribution >= 4 is 22.5 Å². The van der Waals surface area contributed by atoms with Gasteiger partial charge >= 0.3 is 0 Å². The SMILES string of the molecule is CNNC(=O)c1ccc(Cc2c[nH]c3ccc([N+](=O)[O-])cc23)c(OC)c1. The van der Waals surface area contributed by atoms with Gasteiger partial charge < -0.3 is 9.72 Å². The first-order valence-corrected chi connectivity index (χ1v) is 7.92. The molecule has 1 aromatic heterocycles. The number of nitrogens with one attached hydrogen (secondary N) is 3. The molecule has 3 N–H and O–H groups in total.